The van der Waals surface area contributed by atoms with Crippen LogP contribution >= 0.6 is 0 Å². The molecule has 188 valence electrons. The number of methoxy groups -OCH3 is 1. The van der Waals surface area contributed by atoms with Gasteiger partial charge in [-0.05, 0) is 49.7 Å². The van der Waals surface area contributed by atoms with E-state index in [0.29, 0.717) is 28.4 Å². The first kappa shape index (κ1) is 24.2. The molecule has 4 aromatic rings. The summed E-state index contributed by atoms with van der Waals surface area (Å²) in [6.45, 7) is 3.76. The Morgan fingerprint density at radius 1 is 1.08 bits per heavy atom. The highest BCUT2D eigenvalue weighted by atomic mass is 19.1. The fourth-order valence-electron chi connectivity index (χ4n) is 4.79. The zero-order valence-corrected chi connectivity index (χ0v) is 20.9. The van der Waals surface area contributed by atoms with E-state index in [4.69, 9.17) is 4.74 Å². The number of anilines is 1. The Hall–Kier alpha value is -4.46. The third-order valence-electron chi connectivity index (χ3n) is 6.74. The SMILES string of the molecule is COc1ccccc1CNC(=O)C1(C)Cn2nc(-c3ccccc3)cc2C(=O)N1c1ccc(F)cc1C. The molecule has 0 bridgehead atoms. The number of amides is 2. The van der Waals surface area contributed by atoms with Crippen molar-refractivity contribution < 1.29 is 18.7 Å². The van der Waals surface area contributed by atoms with Gasteiger partial charge in [0.05, 0.1) is 19.3 Å². The van der Waals surface area contributed by atoms with Gasteiger partial charge in [-0.2, -0.15) is 5.10 Å². The number of aryl methyl sites for hydroxylation is 1. The molecule has 7 nitrogen and oxygen atoms in total. The Morgan fingerprint density at radius 2 is 1.81 bits per heavy atom. The summed E-state index contributed by atoms with van der Waals surface area (Å²) in [6, 6.07) is 22.9. The average molecular weight is 499 g/mol. The van der Waals surface area contributed by atoms with Crippen LogP contribution in [0, 0.1) is 12.7 Å². The van der Waals surface area contributed by atoms with Crippen LogP contribution in [0.4, 0.5) is 10.1 Å². The topological polar surface area (TPSA) is 76.5 Å². The maximum absolute atomic E-state index is 14.0. The number of carbonyl (C=O) groups excluding carboxylic acids is 2. The van der Waals surface area contributed by atoms with Crippen LogP contribution < -0.4 is 15.0 Å². The molecule has 0 aliphatic carbocycles. The average Bonchev–Trinajstić information content (AvgIpc) is 3.33. The van der Waals surface area contributed by atoms with Crippen molar-refractivity contribution in [3.8, 4) is 17.0 Å². The van der Waals surface area contributed by atoms with Crippen LogP contribution in [0.3, 0.4) is 0 Å². The highest BCUT2D eigenvalue weighted by molar-refractivity contribution is 6.12. The van der Waals surface area contributed by atoms with E-state index >= 15 is 0 Å². The predicted molar refractivity (Wildman–Crippen MR) is 139 cm³/mol. The summed E-state index contributed by atoms with van der Waals surface area (Å²) in [5, 5.41) is 7.65. The van der Waals surface area contributed by atoms with Crippen LogP contribution in [-0.4, -0.2) is 34.2 Å². The number of para-hydroxylation sites is 1. The molecular formula is C29H27FN4O3. The highest BCUT2D eigenvalue weighted by Gasteiger charge is 2.49. The fourth-order valence-corrected chi connectivity index (χ4v) is 4.79. The lowest BCUT2D eigenvalue weighted by Crippen LogP contribution is -2.64. The van der Waals surface area contributed by atoms with Gasteiger partial charge in [-0.15, -0.1) is 0 Å². The van der Waals surface area contributed by atoms with Crippen molar-refractivity contribution in [2.75, 3.05) is 12.0 Å². The second kappa shape index (κ2) is 9.54. The van der Waals surface area contributed by atoms with Gasteiger partial charge in [-0.1, -0.05) is 48.5 Å². The summed E-state index contributed by atoms with van der Waals surface area (Å²) in [4.78, 5) is 29.3. The molecule has 2 heterocycles. The van der Waals surface area contributed by atoms with Crippen LogP contribution in [-0.2, 0) is 17.9 Å². The zero-order chi connectivity index (χ0) is 26.2. The highest BCUT2D eigenvalue weighted by Crippen LogP contribution is 2.36. The lowest BCUT2D eigenvalue weighted by Gasteiger charge is -2.43. The predicted octanol–water partition coefficient (Wildman–Crippen LogP) is 4.74. The monoisotopic (exact) mass is 498 g/mol. The number of ether oxygens (including phenoxy) is 1. The number of carbonyl (C=O) groups is 2. The van der Waals surface area contributed by atoms with E-state index in [1.807, 2.05) is 54.6 Å². The first-order chi connectivity index (χ1) is 17.8. The lowest BCUT2D eigenvalue weighted by atomic mass is 9.93. The van der Waals surface area contributed by atoms with Gasteiger partial charge in [0, 0.05) is 23.4 Å². The third kappa shape index (κ3) is 4.35. The number of fused-ring (bicyclic) bond motifs is 1. The summed E-state index contributed by atoms with van der Waals surface area (Å²) in [5.74, 6) is -0.506. The van der Waals surface area contributed by atoms with E-state index in [1.54, 1.807) is 37.8 Å². The summed E-state index contributed by atoms with van der Waals surface area (Å²) >= 11 is 0. The Kier molecular flexibility index (Phi) is 6.25. The summed E-state index contributed by atoms with van der Waals surface area (Å²) in [6.07, 6.45) is 0. The number of hydrogen-bond donors (Lipinski definition) is 1. The van der Waals surface area contributed by atoms with Gasteiger partial charge in [0.25, 0.3) is 5.91 Å². The largest absolute Gasteiger partial charge is 0.496 e. The normalized spacial score (nSPS) is 16.9. The molecule has 1 unspecified atom stereocenters. The smallest absolute Gasteiger partial charge is 0.277 e. The second-order valence-electron chi connectivity index (χ2n) is 9.28. The maximum Gasteiger partial charge on any atom is 0.277 e. The van der Waals surface area contributed by atoms with E-state index in [1.165, 1.54) is 17.0 Å². The van der Waals surface area contributed by atoms with Crippen molar-refractivity contribution in [3.05, 3.63) is 102 Å². The number of benzene rings is 3. The number of aromatic nitrogens is 2. The van der Waals surface area contributed by atoms with Gasteiger partial charge in [-0.25, -0.2) is 4.39 Å². The van der Waals surface area contributed by atoms with E-state index in [2.05, 4.69) is 10.4 Å². The number of halogens is 1. The molecule has 0 saturated carbocycles. The zero-order valence-electron chi connectivity index (χ0n) is 20.9. The minimum Gasteiger partial charge on any atom is -0.496 e. The van der Waals surface area contributed by atoms with Crippen LogP contribution in [0.15, 0.2) is 78.9 Å². The van der Waals surface area contributed by atoms with E-state index < -0.39 is 11.4 Å². The molecule has 0 saturated heterocycles. The van der Waals surface area contributed by atoms with Gasteiger partial charge in [0.2, 0.25) is 5.91 Å². The molecule has 1 atom stereocenters. The summed E-state index contributed by atoms with van der Waals surface area (Å²) in [5.41, 5.74) is 2.34. The van der Waals surface area contributed by atoms with Gasteiger partial charge in [0.15, 0.2) is 0 Å². The van der Waals surface area contributed by atoms with E-state index in [0.717, 1.165) is 11.1 Å². The quantitative estimate of drug-likeness (QED) is 0.417. The molecule has 8 heteroatoms. The van der Waals surface area contributed by atoms with Crippen LogP contribution in [0.25, 0.3) is 11.3 Å². The fraction of sp³-hybridized carbons (Fsp3) is 0.207. The third-order valence-corrected chi connectivity index (χ3v) is 6.74. The van der Waals surface area contributed by atoms with Crippen molar-refractivity contribution >= 4 is 17.5 Å². The van der Waals surface area contributed by atoms with Crippen LogP contribution in [0.1, 0.15) is 28.5 Å². The summed E-state index contributed by atoms with van der Waals surface area (Å²) in [7, 11) is 1.57. The van der Waals surface area contributed by atoms with Crippen molar-refractivity contribution in [3.63, 3.8) is 0 Å². The van der Waals surface area contributed by atoms with Gasteiger partial charge < -0.3 is 10.1 Å². The number of nitrogens with zero attached hydrogens (tertiary/aromatic N) is 3. The molecule has 1 aliphatic rings. The number of nitrogens with one attached hydrogen (secondary N) is 1. The van der Waals surface area contributed by atoms with Crippen LogP contribution in [0.2, 0.25) is 0 Å². The first-order valence-corrected chi connectivity index (χ1v) is 12.0. The molecule has 0 radical (unpaired) electrons. The van der Waals surface area contributed by atoms with Crippen molar-refractivity contribution in [1.29, 1.82) is 0 Å². The minimum absolute atomic E-state index is 0.121. The molecular weight excluding hydrogens is 471 g/mol. The number of hydrogen-bond acceptors (Lipinski definition) is 4. The second-order valence-corrected chi connectivity index (χ2v) is 9.28. The van der Waals surface area contributed by atoms with E-state index in [-0.39, 0.29) is 24.9 Å². The van der Waals surface area contributed by atoms with E-state index in [9.17, 15) is 14.0 Å². The Morgan fingerprint density at radius 3 is 2.54 bits per heavy atom. The minimum atomic E-state index is -1.34. The Balaban J connectivity index is 1.56. The molecule has 1 aliphatic heterocycles. The Labute approximate surface area is 214 Å². The van der Waals surface area contributed by atoms with Crippen LogP contribution in [0.5, 0.6) is 5.75 Å². The standard InChI is InChI=1S/C29H27FN4O3/c1-19-15-22(30)13-14-24(19)34-27(35)25-16-23(20-9-5-4-6-10-20)32-33(25)18-29(34,2)28(36)31-17-21-11-7-8-12-26(21)37-3/h4-16H,17-18H2,1-3H3,(H,31,36). The molecule has 37 heavy (non-hydrogen) atoms. The van der Waals surface area contributed by atoms with Gasteiger partial charge in [-0.3, -0.25) is 19.2 Å². The van der Waals surface area contributed by atoms with Crippen molar-refractivity contribution in [2.45, 2.75) is 32.5 Å². The van der Waals surface area contributed by atoms with Gasteiger partial charge in [0.1, 0.15) is 22.8 Å². The molecule has 0 fully saturated rings. The molecule has 0 spiro atoms. The molecule has 5 rings (SSSR count). The lowest BCUT2D eigenvalue weighted by molar-refractivity contribution is -0.126. The maximum atomic E-state index is 14.0. The molecule has 2 amide bonds. The van der Waals surface area contributed by atoms with Gasteiger partial charge >= 0.3 is 0 Å². The van der Waals surface area contributed by atoms with Crippen molar-refractivity contribution in [1.82, 2.24) is 15.1 Å². The first-order valence-electron chi connectivity index (χ1n) is 12.0. The molecule has 1 N–H and O–H groups in total. The molecule has 3 aromatic carbocycles. The summed E-state index contributed by atoms with van der Waals surface area (Å²) < 4.78 is 21.0. The molecule has 1 aromatic heterocycles. The van der Waals surface area contributed by atoms with Crippen molar-refractivity contribution in [2.24, 2.45) is 0 Å². The number of rotatable bonds is 6. The Bertz CT molecular complexity index is 1480.